The highest BCUT2D eigenvalue weighted by Gasteiger charge is 2.33. The number of carbonyl (C=O) groups excluding carboxylic acids is 1. The van der Waals surface area contributed by atoms with Crippen LogP contribution >= 0.6 is 0 Å². The molecule has 134 valence electrons. The first-order valence-electron chi connectivity index (χ1n) is 8.32. The Bertz CT molecular complexity index is 828. The Kier molecular flexibility index (Phi) is 5.12. The van der Waals surface area contributed by atoms with Crippen LogP contribution in [0.25, 0.3) is 5.69 Å². The number of carbonyl (C=O) groups is 1. The van der Waals surface area contributed by atoms with Crippen LogP contribution < -0.4 is 0 Å². The second-order valence-corrected chi connectivity index (χ2v) is 8.50. The topological polar surface area (TPSA) is 98.1 Å². The highest BCUT2D eigenvalue weighted by molar-refractivity contribution is 7.92. The maximum absolute atomic E-state index is 12.7. The van der Waals surface area contributed by atoms with Crippen molar-refractivity contribution in [2.45, 2.75) is 37.2 Å². The van der Waals surface area contributed by atoms with Gasteiger partial charge in [-0.2, -0.15) is 4.68 Å². The van der Waals surface area contributed by atoms with Crippen LogP contribution in [-0.2, 0) is 20.4 Å². The molecule has 8 nitrogen and oxygen atoms in total. The second kappa shape index (κ2) is 7.30. The summed E-state index contributed by atoms with van der Waals surface area (Å²) in [5.41, 5.74) is 0.674. The molecule has 1 unspecified atom stereocenters. The first-order valence-corrected chi connectivity index (χ1v) is 10.0. The lowest BCUT2D eigenvalue weighted by Gasteiger charge is -2.29. The van der Waals surface area contributed by atoms with E-state index in [9.17, 15) is 13.2 Å². The molecule has 0 radical (unpaired) electrons. The van der Waals surface area contributed by atoms with Gasteiger partial charge in [-0.3, -0.25) is 4.79 Å². The normalized spacial score (nSPS) is 16.6. The van der Waals surface area contributed by atoms with Crippen LogP contribution in [0.3, 0.4) is 0 Å². The van der Waals surface area contributed by atoms with Gasteiger partial charge in [0, 0.05) is 13.1 Å². The van der Waals surface area contributed by atoms with Gasteiger partial charge in [0.25, 0.3) is 0 Å². The molecule has 0 aliphatic carbocycles. The Hall–Kier alpha value is -2.29. The molecule has 3 rings (SSSR count). The smallest absolute Gasteiger partial charge is 0.240 e. The molecule has 1 aromatic heterocycles. The molecule has 1 aromatic carbocycles. The number of tetrazole rings is 1. The van der Waals surface area contributed by atoms with Gasteiger partial charge in [0.2, 0.25) is 5.91 Å². The number of sulfone groups is 1. The number of likely N-dealkylation sites (tertiary alicyclic amines) is 1. The minimum absolute atomic E-state index is 0.199. The van der Waals surface area contributed by atoms with Gasteiger partial charge >= 0.3 is 0 Å². The highest BCUT2D eigenvalue weighted by atomic mass is 32.2. The number of benzene rings is 1. The summed E-state index contributed by atoms with van der Waals surface area (Å²) in [5.74, 6) is -0.516. The van der Waals surface area contributed by atoms with E-state index in [1.54, 1.807) is 17.0 Å². The predicted molar refractivity (Wildman–Crippen MR) is 91.7 cm³/mol. The van der Waals surface area contributed by atoms with Gasteiger partial charge in [-0.1, -0.05) is 18.2 Å². The van der Waals surface area contributed by atoms with Gasteiger partial charge in [0.05, 0.1) is 5.69 Å². The van der Waals surface area contributed by atoms with Gasteiger partial charge in [0.15, 0.2) is 15.7 Å². The Morgan fingerprint density at radius 3 is 2.52 bits per heavy atom. The minimum Gasteiger partial charge on any atom is -0.342 e. The lowest BCUT2D eigenvalue weighted by Crippen LogP contribution is -2.44. The fourth-order valence-electron chi connectivity index (χ4n) is 2.90. The van der Waals surface area contributed by atoms with Crippen molar-refractivity contribution in [1.82, 2.24) is 25.1 Å². The maximum Gasteiger partial charge on any atom is 0.240 e. The van der Waals surface area contributed by atoms with Crippen molar-refractivity contribution in [3.8, 4) is 5.69 Å². The van der Waals surface area contributed by atoms with E-state index in [1.807, 2.05) is 18.2 Å². The van der Waals surface area contributed by atoms with Crippen molar-refractivity contribution in [3.05, 3.63) is 36.2 Å². The maximum atomic E-state index is 12.7. The van der Waals surface area contributed by atoms with E-state index in [2.05, 4.69) is 15.5 Å². The Morgan fingerprint density at radius 1 is 1.16 bits per heavy atom. The van der Waals surface area contributed by atoms with Crippen molar-refractivity contribution < 1.29 is 13.2 Å². The second-order valence-electron chi connectivity index (χ2n) is 6.18. The lowest BCUT2D eigenvalue weighted by atomic mass is 10.1. The molecule has 0 spiro atoms. The van der Waals surface area contributed by atoms with Crippen LogP contribution in [-0.4, -0.2) is 57.8 Å². The van der Waals surface area contributed by atoms with E-state index < -0.39 is 15.1 Å². The van der Waals surface area contributed by atoms with Crippen molar-refractivity contribution in [3.63, 3.8) is 0 Å². The summed E-state index contributed by atoms with van der Waals surface area (Å²) in [6.07, 6.45) is 2.92. The Morgan fingerprint density at radius 2 is 1.84 bits per heavy atom. The molecule has 1 atom stereocenters. The molecular formula is C16H21N5O3S. The molecule has 25 heavy (non-hydrogen) atoms. The summed E-state index contributed by atoms with van der Waals surface area (Å²) >= 11 is 0. The van der Waals surface area contributed by atoms with Gasteiger partial charge in [-0.15, -0.1) is 5.10 Å². The molecule has 1 amide bonds. The number of aromatic nitrogens is 4. The summed E-state index contributed by atoms with van der Waals surface area (Å²) in [5, 5.41) is 10.2. The molecule has 0 N–H and O–H groups in total. The third kappa shape index (κ3) is 3.87. The molecule has 0 bridgehead atoms. The molecular weight excluding hydrogens is 342 g/mol. The van der Waals surface area contributed by atoms with Crippen molar-refractivity contribution in [2.24, 2.45) is 0 Å². The van der Waals surface area contributed by atoms with Crippen LogP contribution in [0.15, 0.2) is 30.3 Å². The molecule has 9 heteroatoms. The molecule has 1 aliphatic rings. The first-order chi connectivity index (χ1) is 12.0. The van der Waals surface area contributed by atoms with Crippen LogP contribution in [0.4, 0.5) is 0 Å². The number of amides is 1. The predicted octanol–water partition coefficient (Wildman–Crippen LogP) is 0.978. The van der Waals surface area contributed by atoms with Gasteiger partial charge in [-0.05, 0) is 48.7 Å². The van der Waals surface area contributed by atoms with Crippen molar-refractivity contribution >= 4 is 15.7 Å². The van der Waals surface area contributed by atoms with Crippen LogP contribution in [0.1, 0.15) is 32.0 Å². The van der Waals surface area contributed by atoms with Crippen LogP contribution in [0, 0.1) is 0 Å². The molecule has 2 heterocycles. The average Bonchev–Trinajstić information content (AvgIpc) is 3.09. The number of para-hydroxylation sites is 1. The third-order valence-electron chi connectivity index (χ3n) is 4.42. The third-order valence-corrected chi connectivity index (χ3v) is 6.36. The number of piperidine rings is 1. The molecule has 1 fully saturated rings. The van der Waals surface area contributed by atoms with Crippen molar-refractivity contribution in [2.75, 3.05) is 13.1 Å². The van der Waals surface area contributed by atoms with E-state index in [0.29, 0.717) is 18.8 Å². The number of hydrogen-bond donors (Lipinski definition) is 0. The standard InChI is InChI=1S/C16H21N5O3S/c1-13(16(22)20-10-6-3-7-11-20)25(23,24)12-15-17-18-19-21(15)14-8-4-2-5-9-14/h2,4-5,8-9,13H,3,6-7,10-12H2,1H3. The highest BCUT2D eigenvalue weighted by Crippen LogP contribution is 2.17. The lowest BCUT2D eigenvalue weighted by molar-refractivity contribution is -0.131. The zero-order valence-electron chi connectivity index (χ0n) is 14.1. The van der Waals surface area contributed by atoms with Crippen LogP contribution in [0.2, 0.25) is 0 Å². The van der Waals surface area contributed by atoms with E-state index in [0.717, 1.165) is 19.3 Å². The molecule has 1 aliphatic heterocycles. The van der Waals surface area contributed by atoms with Crippen LogP contribution in [0.5, 0.6) is 0 Å². The number of rotatable bonds is 5. The van der Waals surface area contributed by atoms with E-state index in [-0.39, 0.29) is 17.5 Å². The largest absolute Gasteiger partial charge is 0.342 e. The molecule has 2 aromatic rings. The van der Waals surface area contributed by atoms with Gasteiger partial charge in [-0.25, -0.2) is 8.42 Å². The zero-order valence-corrected chi connectivity index (χ0v) is 14.9. The number of nitrogens with zero attached hydrogens (tertiary/aromatic N) is 5. The summed E-state index contributed by atoms with van der Waals surface area (Å²) in [4.78, 5) is 14.2. The summed E-state index contributed by atoms with van der Waals surface area (Å²) in [6.45, 7) is 2.70. The van der Waals surface area contributed by atoms with E-state index in [1.165, 1.54) is 11.6 Å². The monoisotopic (exact) mass is 363 g/mol. The average molecular weight is 363 g/mol. The Balaban J connectivity index is 1.78. The minimum atomic E-state index is -3.72. The summed E-state index contributed by atoms with van der Waals surface area (Å²) < 4.78 is 26.8. The molecule has 1 saturated heterocycles. The zero-order chi connectivity index (χ0) is 17.9. The summed E-state index contributed by atoms with van der Waals surface area (Å²) in [6, 6.07) is 9.06. The fourth-order valence-corrected chi connectivity index (χ4v) is 4.14. The first kappa shape index (κ1) is 17.5. The van der Waals surface area contributed by atoms with Crippen molar-refractivity contribution in [1.29, 1.82) is 0 Å². The SMILES string of the molecule is CC(C(=O)N1CCCCC1)S(=O)(=O)Cc1nnnn1-c1ccccc1. The Labute approximate surface area is 146 Å². The van der Waals surface area contributed by atoms with E-state index >= 15 is 0 Å². The van der Waals surface area contributed by atoms with Gasteiger partial charge < -0.3 is 4.90 Å². The summed E-state index contributed by atoms with van der Waals surface area (Å²) in [7, 11) is -3.72. The fraction of sp³-hybridized carbons (Fsp3) is 0.500. The number of hydrogen-bond acceptors (Lipinski definition) is 6. The van der Waals surface area contributed by atoms with E-state index in [4.69, 9.17) is 0 Å². The van der Waals surface area contributed by atoms with Gasteiger partial charge in [0.1, 0.15) is 11.0 Å². The quantitative estimate of drug-likeness (QED) is 0.785. The molecule has 0 saturated carbocycles.